The van der Waals surface area contributed by atoms with Crippen molar-refractivity contribution in [3.8, 4) is 0 Å². The fourth-order valence-corrected chi connectivity index (χ4v) is 3.55. The summed E-state index contributed by atoms with van der Waals surface area (Å²) in [6.07, 6.45) is 1.46. The molecule has 2 aliphatic rings. The van der Waals surface area contributed by atoms with Crippen molar-refractivity contribution in [2.75, 3.05) is 15.6 Å². The quantitative estimate of drug-likeness (QED) is 0.726. The molecule has 6 heteroatoms. The van der Waals surface area contributed by atoms with Gasteiger partial charge in [0, 0.05) is 12.6 Å². The van der Waals surface area contributed by atoms with Gasteiger partial charge in [0.2, 0.25) is 0 Å². The zero-order chi connectivity index (χ0) is 10.6. The Bertz CT molecular complexity index is 541. The molecule has 0 saturated carbocycles. The predicted octanol–water partition coefficient (Wildman–Crippen LogP) is 1.25. The Morgan fingerprint density at radius 3 is 3.00 bits per heavy atom. The van der Waals surface area contributed by atoms with Crippen LogP contribution in [0.1, 0.15) is 12.0 Å². The molecule has 0 radical (unpaired) electrons. The highest BCUT2D eigenvalue weighted by Crippen LogP contribution is 2.42. The molecule has 0 aliphatic carbocycles. The molecular weight excluding hydrogens is 219 g/mol. The first-order valence-electron chi connectivity index (χ1n) is 4.71. The van der Waals surface area contributed by atoms with Crippen LogP contribution in [-0.2, 0) is 16.6 Å². The van der Waals surface area contributed by atoms with Crippen molar-refractivity contribution in [2.45, 2.75) is 12.8 Å². The summed E-state index contributed by atoms with van der Waals surface area (Å²) >= 11 is 0. The Kier molecular flexibility index (Phi) is 1.57. The first-order chi connectivity index (χ1) is 7.08. The van der Waals surface area contributed by atoms with E-state index in [1.165, 1.54) is 16.4 Å². The topological polar surface area (TPSA) is 49.4 Å². The van der Waals surface area contributed by atoms with Crippen molar-refractivity contribution >= 4 is 21.6 Å². The summed E-state index contributed by atoms with van der Waals surface area (Å²) in [5, 5.41) is 0. The van der Waals surface area contributed by atoms with Crippen molar-refractivity contribution in [1.29, 1.82) is 0 Å². The van der Waals surface area contributed by atoms with Gasteiger partial charge in [0.15, 0.2) is 0 Å². The lowest BCUT2D eigenvalue weighted by molar-refractivity contribution is 0.594. The molecule has 0 bridgehead atoms. The molecule has 2 heterocycles. The molecule has 4 nitrogen and oxygen atoms in total. The van der Waals surface area contributed by atoms with E-state index in [2.05, 4.69) is 4.72 Å². The smallest absolute Gasteiger partial charge is 0.264 e. The summed E-state index contributed by atoms with van der Waals surface area (Å²) in [5.74, 6) is -0.393. The molecular formula is C9H9FN2O2S. The van der Waals surface area contributed by atoms with Gasteiger partial charge in [-0.2, -0.15) is 8.42 Å². The standard InChI is InChI=1S/C9H9FN2O2S/c10-7-4-6-2-1-3-12-9(6)8(5-7)11-15(12,13)14/h4-5,11H,1-3H2. The van der Waals surface area contributed by atoms with E-state index in [0.29, 0.717) is 17.9 Å². The second-order valence-electron chi connectivity index (χ2n) is 3.74. The van der Waals surface area contributed by atoms with Crippen LogP contribution in [0.4, 0.5) is 15.8 Å². The van der Waals surface area contributed by atoms with Gasteiger partial charge in [0.05, 0.1) is 11.4 Å². The molecule has 0 amide bonds. The fraction of sp³-hybridized carbons (Fsp3) is 0.333. The lowest BCUT2D eigenvalue weighted by atomic mass is 10.0. The Morgan fingerprint density at radius 1 is 1.40 bits per heavy atom. The van der Waals surface area contributed by atoms with E-state index < -0.39 is 16.0 Å². The summed E-state index contributed by atoms with van der Waals surface area (Å²) in [7, 11) is -3.47. The molecule has 0 aromatic heterocycles. The maximum atomic E-state index is 13.2. The number of hydrogen-bond acceptors (Lipinski definition) is 2. The van der Waals surface area contributed by atoms with E-state index >= 15 is 0 Å². The molecule has 0 atom stereocenters. The normalized spacial score (nSPS) is 21.0. The van der Waals surface area contributed by atoms with Crippen LogP contribution in [0.25, 0.3) is 0 Å². The number of nitrogens with zero attached hydrogens (tertiary/aromatic N) is 1. The van der Waals surface area contributed by atoms with Crippen LogP contribution in [0.2, 0.25) is 0 Å². The summed E-state index contributed by atoms with van der Waals surface area (Å²) in [6, 6.07) is 2.63. The van der Waals surface area contributed by atoms with Gasteiger partial charge in [0.1, 0.15) is 5.82 Å². The van der Waals surface area contributed by atoms with Gasteiger partial charge in [-0.25, -0.2) is 4.39 Å². The van der Waals surface area contributed by atoms with Gasteiger partial charge in [-0.15, -0.1) is 0 Å². The van der Waals surface area contributed by atoms with Crippen molar-refractivity contribution < 1.29 is 12.8 Å². The first-order valence-corrected chi connectivity index (χ1v) is 6.15. The van der Waals surface area contributed by atoms with Crippen molar-refractivity contribution in [1.82, 2.24) is 0 Å². The predicted molar refractivity (Wildman–Crippen MR) is 54.6 cm³/mol. The van der Waals surface area contributed by atoms with Crippen LogP contribution in [0.15, 0.2) is 12.1 Å². The molecule has 1 N–H and O–H groups in total. The maximum absolute atomic E-state index is 13.2. The number of nitrogens with one attached hydrogen (secondary N) is 1. The lowest BCUT2D eigenvalue weighted by Gasteiger charge is -2.23. The van der Waals surface area contributed by atoms with Gasteiger partial charge in [0.25, 0.3) is 0 Å². The van der Waals surface area contributed by atoms with Crippen LogP contribution in [0.5, 0.6) is 0 Å². The Hall–Kier alpha value is -1.30. The Labute approximate surface area is 86.9 Å². The minimum Gasteiger partial charge on any atom is -0.264 e. The molecule has 1 aromatic rings. The van der Waals surface area contributed by atoms with E-state index in [0.717, 1.165) is 18.4 Å². The monoisotopic (exact) mass is 228 g/mol. The van der Waals surface area contributed by atoms with E-state index in [-0.39, 0.29) is 0 Å². The maximum Gasteiger partial charge on any atom is 0.324 e. The van der Waals surface area contributed by atoms with Gasteiger partial charge >= 0.3 is 10.2 Å². The minimum atomic E-state index is -3.47. The summed E-state index contributed by atoms with van der Waals surface area (Å²) < 4.78 is 40.1. The third-order valence-corrected chi connectivity index (χ3v) is 4.16. The zero-order valence-corrected chi connectivity index (χ0v) is 8.64. The molecule has 1 aromatic carbocycles. The van der Waals surface area contributed by atoms with E-state index in [1.807, 2.05) is 0 Å². The van der Waals surface area contributed by atoms with Gasteiger partial charge in [-0.3, -0.25) is 9.03 Å². The van der Waals surface area contributed by atoms with Crippen LogP contribution < -0.4 is 9.03 Å². The average molecular weight is 228 g/mol. The Morgan fingerprint density at radius 2 is 2.20 bits per heavy atom. The molecule has 3 rings (SSSR count). The average Bonchev–Trinajstić information content (AvgIpc) is 2.39. The number of rotatable bonds is 0. The fourth-order valence-electron chi connectivity index (χ4n) is 2.18. The molecule has 0 fully saturated rings. The van der Waals surface area contributed by atoms with Crippen LogP contribution in [0, 0.1) is 5.82 Å². The highest BCUT2D eigenvalue weighted by atomic mass is 32.2. The molecule has 15 heavy (non-hydrogen) atoms. The number of hydrogen-bond donors (Lipinski definition) is 1. The number of aryl methyl sites for hydroxylation is 1. The lowest BCUT2D eigenvalue weighted by Crippen LogP contribution is -2.33. The summed E-state index contributed by atoms with van der Waals surface area (Å²) in [5.41, 5.74) is 1.76. The third-order valence-electron chi connectivity index (χ3n) is 2.74. The molecule has 0 spiro atoms. The van der Waals surface area contributed by atoms with Crippen molar-refractivity contribution in [2.24, 2.45) is 0 Å². The highest BCUT2D eigenvalue weighted by molar-refractivity contribution is 7.94. The summed E-state index contributed by atoms with van der Waals surface area (Å²) in [6.45, 7) is 0.473. The molecule has 80 valence electrons. The summed E-state index contributed by atoms with van der Waals surface area (Å²) in [4.78, 5) is 0. The van der Waals surface area contributed by atoms with Gasteiger partial charge < -0.3 is 0 Å². The highest BCUT2D eigenvalue weighted by Gasteiger charge is 2.36. The second kappa shape index (κ2) is 2.63. The number of benzene rings is 1. The Balaban J connectivity index is 2.31. The van der Waals surface area contributed by atoms with Crippen LogP contribution in [0.3, 0.4) is 0 Å². The zero-order valence-electron chi connectivity index (χ0n) is 7.83. The van der Waals surface area contributed by atoms with E-state index in [4.69, 9.17) is 0 Å². The molecule has 0 unspecified atom stereocenters. The van der Waals surface area contributed by atoms with Gasteiger partial charge in [-0.05, 0) is 24.5 Å². The molecule has 0 saturated heterocycles. The van der Waals surface area contributed by atoms with Crippen molar-refractivity contribution in [3.63, 3.8) is 0 Å². The number of anilines is 2. The van der Waals surface area contributed by atoms with E-state index in [9.17, 15) is 12.8 Å². The minimum absolute atomic E-state index is 0.365. The largest absolute Gasteiger partial charge is 0.324 e. The van der Waals surface area contributed by atoms with Gasteiger partial charge in [-0.1, -0.05) is 0 Å². The first kappa shape index (κ1) is 8.96. The SMILES string of the molecule is O=S1(=O)Nc2cc(F)cc3c2N1CCC3. The van der Waals surface area contributed by atoms with E-state index in [1.54, 1.807) is 0 Å². The van der Waals surface area contributed by atoms with Crippen LogP contribution >= 0.6 is 0 Å². The number of halogens is 1. The second-order valence-corrected chi connectivity index (χ2v) is 5.34. The third kappa shape index (κ3) is 1.14. The van der Waals surface area contributed by atoms with Crippen LogP contribution in [-0.4, -0.2) is 15.0 Å². The van der Waals surface area contributed by atoms with Crippen molar-refractivity contribution in [3.05, 3.63) is 23.5 Å². The molecule has 2 aliphatic heterocycles.